The van der Waals surface area contributed by atoms with Gasteiger partial charge in [0.25, 0.3) is 0 Å². The molecule has 1 aromatic heterocycles. The molecule has 0 aliphatic carbocycles. The molecule has 162 valence electrons. The van der Waals surface area contributed by atoms with Crippen LogP contribution in [0.2, 0.25) is 18.1 Å². The number of ether oxygens (including phenoxy) is 1. The molecule has 0 radical (unpaired) electrons. The summed E-state index contributed by atoms with van der Waals surface area (Å²) < 4.78 is 13.7. The summed E-state index contributed by atoms with van der Waals surface area (Å²) in [6, 6.07) is 4.24. The molecule has 3 rings (SSSR count). The minimum Gasteiger partial charge on any atom is -0.417 e. The Morgan fingerprint density at radius 1 is 1.21 bits per heavy atom. The number of fused-ring (bicyclic) bond motifs is 1. The monoisotopic (exact) mass is 418 g/mol. The lowest BCUT2D eigenvalue weighted by Gasteiger charge is -2.39. The molecule has 0 saturated carbocycles. The van der Waals surface area contributed by atoms with Crippen molar-refractivity contribution in [1.29, 1.82) is 0 Å². The third kappa shape index (κ3) is 4.95. The molecule has 6 nitrogen and oxygen atoms in total. The molecular weight excluding hydrogens is 380 g/mol. The van der Waals surface area contributed by atoms with E-state index in [1.807, 2.05) is 16.9 Å². The van der Waals surface area contributed by atoms with E-state index in [4.69, 9.17) is 14.9 Å². The summed E-state index contributed by atoms with van der Waals surface area (Å²) in [6.07, 6.45) is 4.18. The first-order valence-electron chi connectivity index (χ1n) is 10.8. The fourth-order valence-electron chi connectivity index (χ4n) is 3.65. The molecule has 0 amide bonds. The summed E-state index contributed by atoms with van der Waals surface area (Å²) in [6.45, 7) is 15.9. The summed E-state index contributed by atoms with van der Waals surface area (Å²) >= 11 is 0. The highest BCUT2D eigenvalue weighted by Crippen LogP contribution is 2.38. The van der Waals surface area contributed by atoms with Gasteiger partial charge in [-0.1, -0.05) is 20.8 Å². The number of benzene rings is 1. The van der Waals surface area contributed by atoms with E-state index in [0.29, 0.717) is 12.5 Å². The number of anilines is 2. The van der Waals surface area contributed by atoms with Crippen LogP contribution in [0.1, 0.15) is 33.6 Å². The number of aromatic nitrogens is 2. The van der Waals surface area contributed by atoms with Gasteiger partial charge in [-0.05, 0) is 49.0 Å². The van der Waals surface area contributed by atoms with Crippen molar-refractivity contribution in [3.8, 4) is 0 Å². The van der Waals surface area contributed by atoms with Crippen LogP contribution in [0.25, 0.3) is 10.9 Å². The predicted octanol–water partition coefficient (Wildman–Crippen LogP) is 4.50. The van der Waals surface area contributed by atoms with Crippen LogP contribution >= 0.6 is 0 Å². The Morgan fingerprint density at radius 2 is 1.90 bits per heavy atom. The molecule has 0 atom stereocenters. The van der Waals surface area contributed by atoms with Gasteiger partial charge in [0.1, 0.15) is 0 Å². The first kappa shape index (κ1) is 22.1. The minimum absolute atomic E-state index is 0.267. The molecule has 1 fully saturated rings. The van der Waals surface area contributed by atoms with Gasteiger partial charge in [-0.15, -0.1) is 0 Å². The Morgan fingerprint density at radius 3 is 2.52 bits per heavy atom. The maximum absolute atomic E-state index is 6.47. The van der Waals surface area contributed by atoms with E-state index in [1.54, 1.807) is 7.11 Å². The van der Waals surface area contributed by atoms with Crippen molar-refractivity contribution in [3.05, 3.63) is 18.3 Å². The van der Waals surface area contributed by atoms with E-state index < -0.39 is 8.32 Å². The van der Waals surface area contributed by atoms with Gasteiger partial charge in [-0.25, -0.2) is 0 Å². The van der Waals surface area contributed by atoms with E-state index in [9.17, 15) is 0 Å². The molecule has 2 heterocycles. The van der Waals surface area contributed by atoms with Crippen LogP contribution in [0.3, 0.4) is 0 Å². The number of hydrogen-bond acceptors (Lipinski definition) is 5. The molecule has 29 heavy (non-hydrogen) atoms. The van der Waals surface area contributed by atoms with E-state index >= 15 is 0 Å². The zero-order valence-electron chi connectivity index (χ0n) is 19.0. The van der Waals surface area contributed by atoms with Gasteiger partial charge in [-0.3, -0.25) is 4.68 Å². The van der Waals surface area contributed by atoms with Crippen LogP contribution in [0, 0.1) is 5.92 Å². The van der Waals surface area contributed by atoms with E-state index in [-0.39, 0.29) is 5.04 Å². The number of rotatable bonds is 7. The molecule has 1 aliphatic rings. The van der Waals surface area contributed by atoms with Gasteiger partial charge in [0, 0.05) is 32.2 Å². The first-order valence-corrected chi connectivity index (χ1v) is 13.7. The first-order chi connectivity index (χ1) is 13.6. The Kier molecular flexibility index (Phi) is 6.60. The predicted molar refractivity (Wildman–Crippen MR) is 124 cm³/mol. The zero-order valence-corrected chi connectivity index (χ0v) is 20.0. The summed E-state index contributed by atoms with van der Waals surface area (Å²) in [5.74, 6) is 0.637. The molecule has 1 aromatic carbocycles. The third-order valence-corrected chi connectivity index (χ3v) is 11.2. The molecule has 0 unspecified atom stereocenters. The zero-order chi connectivity index (χ0) is 21.2. The fourth-order valence-corrected chi connectivity index (χ4v) is 4.73. The second-order valence-electron chi connectivity index (χ2n) is 9.83. The molecule has 7 heteroatoms. The topological polar surface area (TPSA) is 65.5 Å². The average Bonchev–Trinajstić information content (AvgIpc) is 3.05. The van der Waals surface area contributed by atoms with Crippen LogP contribution in [0.5, 0.6) is 0 Å². The fraction of sp³-hybridized carbons (Fsp3) is 0.682. The largest absolute Gasteiger partial charge is 0.417 e. The third-order valence-electron chi connectivity index (χ3n) is 6.74. The molecule has 1 saturated heterocycles. The highest BCUT2D eigenvalue weighted by molar-refractivity contribution is 6.74. The highest BCUT2D eigenvalue weighted by Gasteiger charge is 2.37. The van der Waals surface area contributed by atoms with Crippen molar-refractivity contribution >= 4 is 30.6 Å². The summed E-state index contributed by atoms with van der Waals surface area (Å²) in [4.78, 5) is 2.42. The Balaban J connectivity index is 1.64. The maximum Gasteiger partial charge on any atom is 0.191 e. The Bertz CT molecular complexity index is 820. The quantitative estimate of drug-likeness (QED) is 0.530. The summed E-state index contributed by atoms with van der Waals surface area (Å²) in [5.41, 5.74) is 9.48. The Labute approximate surface area is 176 Å². The van der Waals surface area contributed by atoms with Crippen LogP contribution in [0.15, 0.2) is 18.3 Å². The molecular formula is C22H38N4O2Si. The van der Waals surface area contributed by atoms with Crippen molar-refractivity contribution in [2.45, 2.75) is 58.3 Å². The van der Waals surface area contributed by atoms with Crippen LogP contribution in [0.4, 0.5) is 11.4 Å². The van der Waals surface area contributed by atoms with Crippen molar-refractivity contribution in [1.82, 2.24) is 9.78 Å². The number of nitrogen functional groups attached to an aromatic ring is 1. The normalized spacial score (nSPS) is 16.7. The van der Waals surface area contributed by atoms with Gasteiger partial charge in [0.05, 0.1) is 36.2 Å². The van der Waals surface area contributed by atoms with Gasteiger partial charge >= 0.3 is 0 Å². The molecule has 1 aliphatic heterocycles. The van der Waals surface area contributed by atoms with E-state index in [0.717, 1.165) is 61.4 Å². The van der Waals surface area contributed by atoms with Gasteiger partial charge in [0.15, 0.2) is 8.32 Å². The molecule has 2 N–H and O–H groups in total. The maximum atomic E-state index is 6.47. The number of hydrogen-bond donors (Lipinski definition) is 1. The number of nitrogens with two attached hydrogens (primary N) is 1. The molecule has 0 bridgehead atoms. The van der Waals surface area contributed by atoms with Gasteiger partial charge in [0.2, 0.25) is 0 Å². The van der Waals surface area contributed by atoms with E-state index in [1.165, 1.54) is 0 Å². The minimum atomic E-state index is -1.67. The second kappa shape index (κ2) is 8.66. The highest BCUT2D eigenvalue weighted by atomic mass is 28.4. The lowest BCUT2D eigenvalue weighted by atomic mass is 9.97. The molecule has 2 aromatic rings. The van der Waals surface area contributed by atoms with Crippen molar-refractivity contribution in [3.63, 3.8) is 0 Å². The number of methoxy groups -OCH3 is 1. The van der Waals surface area contributed by atoms with E-state index in [2.05, 4.69) is 49.9 Å². The van der Waals surface area contributed by atoms with Gasteiger partial charge in [-0.2, -0.15) is 5.10 Å². The number of piperidine rings is 1. The summed E-state index contributed by atoms with van der Waals surface area (Å²) in [7, 11) is 0.0437. The van der Waals surface area contributed by atoms with Crippen LogP contribution in [-0.4, -0.2) is 51.5 Å². The van der Waals surface area contributed by atoms with Crippen molar-refractivity contribution in [2.75, 3.05) is 44.0 Å². The SMILES string of the molecule is COCCn1ncc2cc(N)c(N3CCC(CO[Si](C)(C)C(C)(C)C)CC3)cc21. The standard InChI is InChI=1S/C22H38N4O2Si/c1-22(2,3)29(5,6)28-16-17-7-9-25(10-8-17)21-14-20-18(13-19(21)23)15-24-26(20)11-12-27-4/h13-15,17H,7-12,16,23H2,1-6H3. The van der Waals surface area contributed by atoms with Crippen LogP contribution in [-0.2, 0) is 15.7 Å². The van der Waals surface area contributed by atoms with Crippen LogP contribution < -0.4 is 10.6 Å². The average molecular weight is 419 g/mol. The Hall–Kier alpha value is -1.57. The lowest BCUT2D eigenvalue weighted by Crippen LogP contribution is -2.43. The lowest BCUT2D eigenvalue weighted by molar-refractivity contribution is 0.185. The summed E-state index contributed by atoms with van der Waals surface area (Å²) in [5, 5.41) is 5.84. The number of nitrogens with zero attached hydrogens (tertiary/aromatic N) is 3. The second-order valence-corrected chi connectivity index (χ2v) is 14.6. The van der Waals surface area contributed by atoms with Crippen molar-refractivity contribution < 1.29 is 9.16 Å². The van der Waals surface area contributed by atoms with Gasteiger partial charge < -0.3 is 19.8 Å². The molecule has 0 spiro atoms. The smallest absolute Gasteiger partial charge is 0.191 e. The van der Waals surface area contributed by atoms with Crippen molar-refractivity contribution in [2.24, 2.45) is 5.92 Å².